The van der Waals surface area contributed by atoms with Crippen molar-refractivity contribution in [3.05, 3.63) is 66.6 Å². The normalized spacial score (nSPS) is 12.0. The minimum Gasteiger partial charge on any atom is -0.469 e. The Bertz CT molecular complexity index is 751. The molecule has 118 valence electrons. The minimum atomic E-state index is -0.0909. The van der Waals surface area contributed by atoms with Crippen LogP contribution in [0.3, 0.4) is 0 Å². The summed E-state index contributed by atoms with van der Waals surface area (Å²) in [5, 5.41) is 10.6. The van der Waals surface area contributed by atoms with Gasteiger partial charge in [-0.25, -0.2) is 0 Å². The van der Waals surface area contributed by atoms with Crippen molar-refractivity contribution in [2.24, 2.45) is 0 Å². The van der Waals surface area contributed by atoms with Gasteiger partial charge in [0.05, 0.1) is 6.26 Å². The van der Waals surface area contributed by atoms with Gasteiger partial charge in [0.2, 0.25) is 0 Å². The van der Waals surface area contributed by atoms with Crippen LogP contribution in [0.5, 0.6) is 0 Å². The molecule has 2 aromatic heterocycles. The van der Waals surface area contributed by atoms with Crippen molar-refractivity contribution < 1.29 is 9.21 Å². The monoisotopic (exact) mass is 310 g/mol. The van der Waals surface area contributed by atoms with Crippen LogP contribution in [0, 0.1) is 0 Å². The molecule has 2 heterocycles. The van der Waals surface area contributed by atoms with Crippen LogP contribution >= 0.6 is 0 Å². The number of amides is 1. The molecule has 0 fully saturated rings. The van der Waals surface area contributed by atoms with Gasteiger partial charge in [-0.2, -0.15) is 0 Å². The average Bonchev–Trinajstić information content (AvgIpc) is 3.26. The van der Waals surface area contributed by atoms with Crippen LogP contribution in [0.4, 0.5) is 0 Å². The highest BCUT2D eigenvalue weighted by molar-refractivity contribution is 5.94. The van der Waals surface area contributed by atoms with E-state index in [4.69, 9.17) is 4.42 Å². The third-order valence-corrected chi connectivity index (χ3v) is 3.61. The lowest BCUT2D eigenvalue weighted by Gasteiger charge is -2.13. The molecule has 0 spiro atoms. The van der Waals surface area contributed by atoms with E-state index in [0.717, 1.165) is 24.3 Å². The lowest BCUT2D eigenvalue weighted by Crippen LogP contribution is -2.32. The molecule has 3 rings (SSSR count). The fourth-order valence-corrected chi connectivity index (χ4v) is 2.33. The molecule has 0 aliphatic rings. The molecule has 0 aliphatic heterocycles. The highest BCUT2D eigenvalue weighted by atomic mass is 16.3. The van der Waals surface area contributed by atoms with Gasteiger partial charge in [0.25, 0.3) is 5.91 Å². The van der Waals surface area contributed by atoms with Gasteiger partial charge in [-0.1, -0.05) is 6.07 Å². The van der Waals surface area contributed by atoms with Crippen molar-refractivity contribution in [2.75, 3.05) is 0 Å². The smallest absolute Gasteiger partial charge is 0.251 e. The number of benzene rings is 1. The molecule has 1 amide bonds. The third kappa shape index (κ3) is 3.85. The average molecular weight is 310 g/mol. The maximum absolute atomic E-state index is 12.4. The molecule has 1 aromatic carbocycles. The zero-order chi connectivity index (χ0) is 16.1. The predicted molar refractivity (Wildman–Crippen MR) is 85.3 cm³/mol. The highest BCUT2D eigenvalue weighted by Gasteiger charge is 2.11. The zero-order valence-corrected chi connectivity index (χ0v) is 12.8. The first kappa shape index (κ1) is 15.0. The Morgan fingerprint density at radius 1 is 1.26 bits per heavy atom. The molecule has 0 bridgehead atoms. The molecule has 6 nitrogen and oxygen atoms in total. The Morgan fingerprint density at radius 2 is 2.09 bits per heavy atom. The van der Waals surface area contributed by atoms with Crippen LogP contribution in [0.15, 0.2) is 59.7 Å². The number of furan rings is 1. The van der Waals surface area contributed by atoms with E-state index in [-0.39, 0.29) is 11.9 Å². The first-order valence-electron chi connectivity index (χ1n) is 7.50. The second-order valence-corrected chi connectivity index (χ2v) is 5.41. The summed E-state index contributed by atoms with van der Waals surface area (Å²) in [5.41, 5.74) is 1.46. The summed E-state index contributed by atoms with van der Waals surface area (Å²) in [5.74, 6) is 0.840. The highest BCUT2D eigenvalue weighted by Crippen LogP contribution is 2.11. The molecule has 1 N–H and O–H groups in total. The van der Waals surface area contributed by atoms with E-state index < -0.39 is 0 Å². The number of rotatable bonds is 6. The number of hydrogen-bond donors (Lipinski definition) is 1. The van der Waals surface area contributed by atoms with Gasteiger partial charge < -0.3 is 9.73 Å². The van der Waals surface area contributed by atoms with E-state index in [1.165, 1.54) is 0 Å². The summed E-state index contributed by atoms with van der Waals surface area (Å²) < 4.78 is 7.06. The molecule has 1 atom stereocenters. The van der Waals surface area contributed by atoms with Crippen LogP contribution in [-0.4, -0.2) is 26.7 Å². The Balaban J connectivity index is 1.60. The molecule has 23 heavy (non-hydrogen) atoms. The summed E-state index contributed by atoms with van der Waals surface area (Å²) in [6.07, 6.45) is 6.49. The fraction of sp³-hybridized carbons (Fsp3) is 0.235. The third-order valence-electron chi connectivity index (χ3n) is 3.61. The quantitative estimate of drug-likeness (QED) is 0.759. The lowest BCUT2D eigenvalue weighted by atomic mass is 10.1. The van der Waals surface area contributed by atoms with Gasteiger partial charge in [0.1, 0.15) is 18.4 Å². The summed E-state index contributed by atoms with van der Waals surface area (Å²) in [6.45, 7) is 1.99. The number of carbonyl (C=O) groups is 1. The molecular weight excluding hydrogens is 292 g/mol. The van der Waals surface area contributed by atoms with E-state index in [9.17, 15) is 4.79 Å². The summed E-state index contributed by atoms with van der Waals surface area (Å²) in [7, 11) is 0. The largest absolute Gasteiger partial charge is 0.469 e. The maximum Gasteiger partial charge on any atom is 0.251 e. The molecule has 3 aromatic rings. The Labute approximate surface area is 134 Å². The number of aromatic nitrogens is 3. The van der Waals surface area contributed by atoms with Gasteiger partial charge >= 0.3 is 0 Å². The summed E-state index contributed by atoms with van der Waals surface area (Å²) >= 11 is 0. The number of nitrogens with one attached hydrogen (secondary N) is 1. The van der Waals surface area contributed by atoms with Crippen molar-refractivity contribution in [1.29, 1.82) is 0 Å². The zero-order valence-electron chi connectivity index (χ0n) is 12.8. The van der Waals surface area contributed by atoms with E-state index in [1.807, 2.05) is 37.3 Å². The number of carbonyl (C=O) groups excluding carboxylic acids is 1. The minimum absolute atomic E-state index is 0.0613. The van der Waals surface area contributed by atoms with E-state index in [1.54, 1.807) is 29.6 Å². The first-order valence-corrected chi connectivity index (χ1v) is 7.50. The van der Waals surface area contributed by atoms with Gasteiger partial charge in [-0.05, 0) is 43.7 Å². The Kier molecular flexibility index (Phi) is 4.52. The standard InChI is InChI=1S/C17H18N4O2/c1-13(7-8-16-6-3-9-23-16)20-17(22)14-4-2-5-15(10-14)21-11-18-19-12-21/h2-6,9-13H,7-8H2,1H3,(H,20,22)/t13-/m0/s1. The van der Waals surface area contributed by atoms with Crippen molar-refractivity contribution in [2.45, 2.75) is 25.8 Å². The maximum atomic E-state index is 12.4. The van der Waals surface area contributed by atoms with Crippen LogP contribution in [0.25, 0.3) is 5.69 Å². The van der Waals surface area contributed by atoms with Crippen LogP contribution in [0.2, 0.25) is 0 Å². The molecule has 0 aliphatic carbocycles. The second kappa shape index (κ2) is 6.91. The molecule has 0 unspecified atom stereocenters. The fourth-order valence-electron chi connectivity index (χ4n) is 2.33. The van der Waals surface area contributed by atoms with Crippen molar-refractivity contribution in [3.63, 3.8) is 0 Å². The molecular formula is C17H18N4O2. The topological polar surface area (TPSA) is 73.0 Å². The number of nitrogens with zero attached hydrogens (tertiary/aromatic N) is 3. The Hall–Kier alpha value is -2.89. The predicted octanol–water partition coefficient (Wildman–Crippen LogP) is 2.61. The lowest BCUT2D eigenvalue weighted by molar-refractivity contribution is 0.0938. The van der Waals surface area contributed by atoms with Gasteiger partial charge in [0.15, 0.2) is 0 Å². The molecule has 0 saturated carbocycles. The van der Waals surface area contributed by atoms with Crippen LogP contribution in [-0.2, 0) is 6.42 Å². The van der Waals surface area contributed by atoms with Crippen LogP contribution in [0.1, 0.15) is 29.5 Å². The molecule has 0 radical (unpaired) electrons. The molecule has 0 saturated heterocycles. The number of aryl methyl sites for hydroxylation is 1. The van der Waals surface area contributed by atoms with Crippen LogP contribution < -0.4 is 5.32 Å². The van der Waals surface area contributed by atoms with Gasteiger partial charge in [-0.15, -0.1) is 10.2 Å². The van der Waals surface area contributed by atoms with E-state index >= 15 is 0 Å². The van der Waals surface area contributed by atoms with E-state index in [0.29, 0.717) is 5.56 Å². The van der Waals surface area contributed by atoms with Crippen molar-refractivity contribution in [1.82, 2.24) is 20.1 Å². The van der Waals surface area contributed by atoms with Gasteiger partial charge in [-0.3, -0.25) is 9.36 Å². The molecule has 6 heteroatoms. The summed E-state index contributed by atoms with van der Waals surface area (Å²) in [4.78, 5) is 12.4. The summed E-state index contributed by atoms with van der Waals surface area (Å²) in [6, 6.07) is 11.2. The number of hydrogen-bond acceptors (Lipinski definition) is 4. The van der Waals surface area contributed by atoms with E-state index in [2.05, 4.69) is 15.5 Å². The SMILES string of the molecule is C[C@@H](CCc1ccco1)NC(=O)c1cccc(-n2cnnc2)c1. The van der Waals surface area contributed by atoms with Crippen molar-refractivity contribution in [3.8, 4) is 5.69 Å². The van der Waals surface area contributed by atoms with Gasteiger partial charge in [0, 0.05) is 23.7 Å². The Morgan fingerprint density at radius 3 is 2.83 bits per heavy atom. The van der Waals surface area contributed by atoms with Crippen molar-refractivity contribution >= 4 is 5.91 Å². The second-order valence-electron chi connectivity index (χ2n) is 5.41. The first-order chi connectivity index (χ1) is 11.2.